The second-order valence-electron chi connectivity index (χ2n) is 14.2. The Morgan fingerprint density at radius 3 is 2.16 bits per heavy atom. The van der Waals surface area contributed by atoms with Crippen LogP contribution in [-0.4, -0.2) is 15.6 Å². The second kappa shape index (κ2) is 11.9. The molecule has 0 amide bonds. The highest BCUT2D eigenvalue weighted by Crippen LogP contribution is 2.44. The maximum atomic E-state index is 6.43. The number of hydrogen-bond donors (Lipinski definition) is 0. The van der Waals surface area contributed by atoms with Crippen LogP contribution in [0.25, 0.3) is 38.8 Å². The predicted octanol–water partition coefficient (Wildman–Crippen LogP) is 11.5. The summed E-state index contributed by atoms with van der Waals surface area (Å²) >= 11 is 0. The van der Waals surface area contributed by atoms with Crippen LogP contribution < -0.4 is 10.1 Å². The third-order valence-corrected chi connectivity index (χ3v) is 10.0. The van der Waals surface area contributed by atoms with Crippen molar-refractivity contribution in [3.8, 4) is 16.9 Å². The van der Waals surface area contributed by atoms with Crippen molar-refractivity contribution in [2.75, 3.05) is 10.1 Å². The lowest BCUT2D eigenvalue weighted by atomic mass is 9.77. The largest absolute Gasteiger partial charge is 0.294 e. The first-order valence-corrected chi connectivity index (χ1v) is 17.3. The van der Waals surface area contributed by atoms with Crippen molar-refractivity contribution in [2.24, 2.45) is 0 Å². The molecular formula is C44H42N4O. The van der Waals surface area contributed by atoms with E-state index in [2.05, 4.69) is 174 Å². The third-order valence-electron chi connectivity index (χ3n) is 10.0. The van der Waals surface area contributed by atoms with Gasteiger partial charge in [0.1, 0.15) is 5.82 Å². The zero-order chi connectivity index (χ0) is 33.9. The molecule has 5 aromatic carbocycles. The summed E-state index contributed by atoms with van der Waals surface area (Å²) in [5.41, 5.74) is 11.3. The Kier molecular flexibility index (Phi) is 7.53. The van der Waals surface area contributed by atoms with E-state index in [0.29, 0.717) is 5.92 Å². The standard InChI is InChI=1S/C44H42N4O/c1-29(2)35-16-7-8-17-36(35)31-24-25-45-43(26-31)46-39-19-10-9-18-37(39)38-23-22-33(28-42(38)46)44(5,6)32-14-13-15-34(27-32)48-41-21-12-11-20-40(41)47(49-48)30(3)4/h7-30H,1-6H3. The SMILES string of the molecule is CC(C)c1ccccc1-c1ccnc(-n2c3ccccc3c3ccc(C(C)(C)c4cccc(N5ON(C(C)C)c6ccccc65)c4)cc32)c1. The molecule has 0 N–H and O–H groups in total. The van der Waals surface area contributed by atoms with Gasteiger partial charge in [-0.25, -0.2) is 10.0 Å². The fraction of sp³-hybridized carbons (Fsp3) is 0.205. The normalized spacial score (nSPS) is 13.3. The van der Waals surface area contributed by atoms with Gasteiger partial charge in [0.05, 0.1) is 34.1 Å². The topological polar surface area (TPSA) is 33.5 Å². The van der Waals surface area contributed by atoms with Crippen LogP contribution in [0.5, 0.6) is 0 Å². The number of anilines is 3. The van der Waals surface area contributed by atoms with Crippen molar-refractivity contribution in [1.82, 2.24) is 9.55 Å². The molecule has 0 saturated heterocycles. The lowest BCUT2D eigenvalue weighted by Crippen LogP contribution is -2.31. The van der Waals surface area contributed by atoms with Gasteiger partial charge < -0.3 is 0 Å². The number of fused-ring (bicyclic) bond motifs is 4. The number of rotatable bonds is 7. The fourth-order valence-corrected chi connectivity index (χ4v) is 7.32. The van der Waals surface area contributed by atoms with Crippen molar-refractivity contribution in [1.29, 1.82) is 0 Å². The van der Waals surface area contributed by atoms with E-state index in [1.54, 1.807) is 0 Å². The van der Waals surface area contributed by atoms with E-state index in [1.165, 1.54) is 38.6 Å². The Balaban J connectivity index is 1.24. The molecule has 0 unspecified atom stereocenters. The molecule has 1 aliphatic rings. The molecule has 0 fully saturated rings. The first kappa shape index (κ1) is 30.9. The van der Waals surface area contributed by atoms with E-state index >= 15 is 0 Å². The molecule has 5 nitrogen and oxygen atoms in total. The Hall–Kier alpha value is -5.39. The number of aromatic nitrogens is 2. The zero-order valence-corrected chi connectivity index (χ0v) is 29.1. The summed E-state index contributed by atoms with van der Waals surface area (Å²) in [6.07, 6.45) is 1.95. The van der Waals surface area contributed by atoms with Crippen LogP contribution in [0.4, 0.5) is 17.1 Å². The molecule has 5 heteroatoms. The van der Waals surface area contributed by atoms with Crippen LogP contribution in [0.15, 0.2) is 134 Å². The average Bonchev–Trinajstić information content (AvgIpc) is 3.68. The minimum atomic E-state index is -0.298. The molecule has 0 aliphatic carbocycles. The first-order chi connectivity index (χ1) is 23.7. The maximum Gasteiger partial charge on any atom is 0.138 e. The fourth-order valence-electron chi connectivity index (χ4n) is 7.32. The number of benzene rings is 5. The molecule has 0 atom stereocenters. The van der Waals surface area contributed by atoms with Crippen LogP contribution >= 0.6 is 0 Å². The lowest BCUT2D eigenvalue weighted by Gasteiger charge is -2.28. The number of nitrogens with zero attached hydrogens (tertiary/aromatic N) is 4. The molecule has 3 heterocycles. The number of pyridine rings is 1. The Labute approximate surface area is 288 Å². The van der Waals surface area contributed by atoms with Gasteiger partial charge in [-0.15, -0.1) is 4.94 Å². The maximum absolute atomic E-state index is 6.43. The van der Waals surface area contributed by atoms with Gasteiger partial charge in [-0.1, -0.05) is 107 Å². The number of para-hydroxylation sites is 3. The van der Waals surface area contributed by atoms with Crippen molar-refractivity contribution in [3.05, 3.63) is 150 Å². The summed E-state index contributed by atoms with van der Waals surface area (Å²) in [5, 5.41) is 6.36. The predicted molar refractivity (Wildman–Crippen MR) is 204 cm³/mol. The minimum absolute atomic E-state index is 0.199. The molecule has 244 valence electrons. The molecule has 0 spiro atoms. The molecule has 2 aromatic heterocycles. The average molecular weight is 643 g/mol. The molecule has 0 radical (unpaired) electrons. The van der Waals surface area contributed by atoms with Crippen LogP contribution in [0, 0.1) is 0 Å². The van der Waals surface area contributed by atoms with Gasteiger partial charge in [-0.05, 0) is 96.1 Å². The van der Waals surface area contributed by atoms with Crippen molar-refractivity contribution in [3.63, 3.8) is 0 Å². The van der Waals surface area contributed by atoms with E-state index in [-0.39, 0.29) is 11.5 Å². The zero-order valence-electron chi connectivity index (χ0n) is 29.1. The molecule has 7 aromatic rings. The number of hydrogen-bond acceptors (Lipinski definition) is 4. The Morgan fingerprint density at radius 2 is 1.35 bits per heavy atom. The quantitative estimate of drug-likeness (QED) is 0.173. The van der Waals surface area contributed by atoms with Crippen molar-refractivity contribution in [2.45, 2.75) is 58.9 Å². The van der Waals surface area contributed by atoms with E-state index < -0.39 is 0 Å². The third kappa shape index (κ3) is 5.17. The molecule has 1 aliphatic heterocycles. The summed E-state index contributed by atoms with van der Waals surface area (Å²) in [6.45, 7) is 13.4. The lowest BCUT2D eigenvalue weighted by molar-refractivity contribution is 0.112. The van der Waals surface area contributed by atoms with Crippen molar-refractivity contribution < 1.29 is 4.94 Å². The van der Waals surface area contributed by atoms with Crippen LogP contribution in [0.1, 0.15) is 64.2 Å². The molecule has 49 heavy (non-hydrogen) atoms. The number of hydroxylamine groups is 1. The van der Waals surface area contributed by atoms with Gasteiger partial charge >= 0.3 is 0 Å². The Morgan fingerprint density at radius 1 is 0.633 bits per heavy atom. The first-order valence-electron chi connectivity index (χ1n) is 17.3. The van der Waals surface area contributed by atoms with Crippen LogP contribution in [0.2, 0.25) is 0 Å². The van der Waals surface area contributed by atoms with E-state index in [4.69, 9.17) is 9.92 Å². The van der Waals surface area contributed by atoms with E-state index in [9.17, 15) is 0 Å². The van der Waals surface area contributed by atoms with Gasteiger partial charge in [0.15, 0.2) is 0 Å². The molecule has 8 rings (SSSR count). The summed E-state index contributed by atoms with van der Waals surface area (Å²) in [7, 11) is 0. The van der Waals surface area contributed by atoms with Gasteiger partial charge in [-0.3, -0.25) is 4.57 Å². The summed E-state index contributed by atoms with van der Waals surface area (Å²) in [4.78, 5) is 11.4. The van der Waals surface area contributed by atoms with E-state index in [1.807, 2.05) is 16.3 Å². The van der Waals surface area contributed by atoms with Crippen LogP contribution in [-0.2, 0) is 10.4 Å². The monoisotopic (exact) mass is 642 g/mol. The summed E-state index contributed by atoms with van der Waals surface area (Å²) < 4.78 is 2.33. The van der Waals surface area contributed by atoms with Gasteiger partial charge in [0.2, 0.25) is 0 Å². The smallest absolute Gasteiger partial charge is 0.138 e. The summed E-state index contributed by atoms with van der Waals surface area (Å²) in [6, 6.07) is 46.0. The van der Waals surface area contributed by atoms with Crippen molar-refractivity contribution >= 4 is 38.9 Å². The minimum Gasteiger partial charge on any atom is -0.294 e. The molecular weight excluding hydrogens is 601 g/mol. The molecule has 0 saturated carbocycles. The second-order valence-corrected chi connectivity index (χ2v) is 14.2. The van der Waals surface area contributed by atoms with E-state index in [0.717, 1.165) is 33.9 Å². The molecule has 0 bridgehead atoms. The van der Waals surface area contributed by atoms with Gasteiger partial charge in [-0.2, -0.15) is 5.06 Å². The highest BCUT2D eigenvalue weighted by atomic mass is 16.8. The van der Waals surface area contributed by atoms with Crippen LogP contribution in [0.3, 0.4) is 0 Å². The highest BCUT2D eigenvalue weighted by Gasteiger charge is 2.32. The van der Waals surface area contributed by atoms with Gasteiger partial charge in [0.25, 0.3) is 0 Å². The van der Waals surface area contributed by atoms with Gasteiger partial charge in [0, 0.05) is 22.4 Å². The summed E-state index contributed by atoms with van der Waals surface area (Å²) in [5.74, 6) is 1.34. The highest BCUT2D eigenvalue weighted by molar-refractivity contribution is 6.09. The Bertz CT molecular complexity index is 2330.